The van der Waals surface area contributed by atoms with Crippen molar-refractivity contribution in [2.24, 2.45) is 0 Å². The summed E-state index contributed by atoms with van der Waals surface area (Å²) in [4.78, 5) is 4.24. The Morgan fingerprint density at radius 3 is 3.24 bits per heavy atom. The van der Waals surface area contributed by atoms with Crippen LogP contribution >= 0.6 is 0 Å². The highest BCUT2D eigenvalue weighted by Gasteiger charge is 2.18. The van der Waals surface area contributed by atoms with Gasteiger partial charge in [0, 0.05) is 24.7 Å². The molecule has 4 heteroatoms. The number of ether oxygens (including phenoxy) is 2. The second-order valence-corrected chi connectivity index (χ2v) is 4.31. The van der Waals surface area contributed by atoms with E-state index >= 15 is 0 Å². The van der Waals surface area contributed by atoms with Crippen molar-refractivity contribution in [3.8, 4) is 5.88 Å². The minimum absolute atomic E-state index is 0.159. The topological polar surface area (TPSA) is 43.4 Å². The van der Waals surface area contributed by atoms with E-state index in [0.717, 1.165) is 19.6 Å². The fourth-order valence-corrected chi connectivity index (χ4v) is 1.96. The Kier molecular flexibility index (Phi) is 4.34. The lowest BCUT2D eigenvalue weighted by Gasteiger charge is -2.15. The van der Waals surface area contributed by atoms with E-state index in [4.69, 9.17) is 9.47 Å². The van der Waals surface area contributed by atoms with E-state index in [-0.39, 0.29) is 6.10 Å². The fourth-order valence-electron chi connectivity index (χ4n) is 1.96. The molecule has 1 N–H and O–H groups in total. The van der Waals surface area contributed by atoms with Crippen LogP contribution in [-0.4, -0.2) is 30.8 Å². The van der Waals surface area contributed by atoms with Gasteiger partial charge in [0.15, 0.2) is 0 Å². The van der Waals surface area contributed by atoms with Gasteiger partial charge < -0.3 is 14.8 Å². The van der Waals surface area contributed by atoms with Gasteiger partial charge in [0.25, 0.3) is 0 Å². The summed E-state index contributed by atoms with van der Waals surface area (Å²) in [6.45, 7) is 6.66. The smallest absolute Gasteiger partial charge is 0.213 e. The zero-order valence-electron chi connectivity index (χ0n) is 10.5. The van der Waals surface area contributed by atoms with Crippen LogP contribution in [0.5, 0.6) is 5.88 Å². The Morgan fingerprint density at radius 2 is 2.53 bits per heavy atom. The molecule has 0 saturated carbocycles. The van der Waals surface area contributed by atoms with Crippen LogP contribution in [-0.2, 0) is 4.74 Å². The Bertz CT molecular complexity index is 351. The van der Waals surface area contributed by atoms with E-state index in [9.17, 15) is 0 Å². The predicted molar refractivity (Wildman–Crippen MR) is 66.2 cm³/mol. The van der Waals surface area contributed by atoms with Crippen molar-refractivity contribution >= 4 is 0 Å². The van der Waals surface area contributed by atoms with Crippen molar-refractivity contribution in [3.05, 3.63) is 23.9 Å². The highest BCUT2D eigenvalue weighted by molar-refractivity contribution is 5.23. The molecule has 0 amide bonds. The van der Waals surface area contributed by atoms with Gasteiger partial charge in [-0.05, 0) is 25.1 Å². The molecule has 2 unspecified atom stereocenters. The van der Waals surface area contributed by atoms with Crippen molar-refractivity contribution in [1.29, 1.82) is 0 Å². The maximum Gasteiger partial charge on any atom is 0.213 e. The molecule has 1 aliphatic heterocycles. The largest absolute Gasteiger partial charge is 0.472 e. The van der Waals surface area contributed by atoms with Gasteiger partial charge >= 0.3 is 0 Å². The number of rotatable bonds is 5. The second kappa shape index (κ2) is 5.98. The fraction of sp³-hybridized carbons (Fsp3) is 0.615. The van der Waals surface area contributed by atoms with Gasteiger partial charge in [-0.25, -0.2) is 4.98 Å². The number of nitrogens with zero attached hydrogens (tertiary/aromatic N) is 1. The maximum atomic E-state index is 5.78. The predicted octanol–water partition coefficient (Wildman–Crippen LogP) is 1.92. The van der Waals surface area contributed by atoms with Crippen LogP contribution in [0.4, 0.5) is 0 Å². The Hall–Kier alpha value is -1.13. The van der Waals surface area contributed by atoms with Gasteiger partial charge in [0.2, 0.25) is 5.88 Å². The first kappa shape index (κ1) is 12.3. The van der Waals surface area contributed by atoms with E-state index in [1.165, 1.54) is 5.56 Å². The zero-order chi connectivity index (χ0) is 12.1. The number of hydrogen-bond acceptors (Lipinski definition) is 4. The lowest BCUT2D eigenvalue weighted by atomic mass is 10.1. The summed E-state index contributed by atoms with van der Waals surface area (Å²) in [7, 11) is 0. The van der Waals surface area contributed by atoms with Crippen molar-refractivity contribution < 1.29 is 9.47 Å². The molecular weight excluding hydrogens is 216 g/mol. The second-order valence-electron chi connectivity index (χ2n) is 4.31. The van der Waals surface area contributed by atoms with E-state index in [2.05, 4.69) is 24.1 Å². The number of nitrogens with one attached hydrogen (secondary N) is 1. The summed E-state index contributed by atoms with van der Waals surface area (Å²) in [6, 6.07) is 4.35. The average molecular weight is 236 g/mol. The number of aromatic nitrogens is 1. The lowest BCUT2D eigenvalue weighted by molar-refractivity contribution is 0.138. The Labute approximate surface area is 102 Å². The van der Waals surface area contributed by atoms with Gasteiger partial charge in [0.1, 0.15) is 6.10 Å². The molecule has 1 saturated heterocycles. The molecule has 0 radical (unpaired) electrons. The van der Waals surface area contributed by atoms with Crippen molar-refractivity contribution in [3.63, 3.8) is 0 Å². The van der Waals surface area contributed by atoms with E-state index < -0.39 is 0 Å². The first-order chi connectivity index (χ1) is 8.29. The van der Waals surface area contributed by atoms with Crippen LogP contribution in [0.2, 0.25) is 0 Å². The van der Waals surface area contributed by atoms with Crippen LogP contribution in [0.25, 0.3) is 0 Å². The monoisotopic (exact) mass is 236 g/mol. The van der Waals surface area contributed by atoms with E-state index in [1.807, 2.05) is 12.1 Å². The summed E-state index contributed by atoms with van der Waals surface area (Å²) >= 11 is 0. The highest BCUT2D eigenvalue weighted by atomic mass is 16.5. The molecule has 94 valence electrons. The zero-order valence-corrected chi connectivity index (χ0v) is 10.5. The van der Waals surface area contributed by atoms with Crippen LogP contribution < -0.4 is 10.1 Å². The normalized spacial score (nSPS) is 21.4. The van der Waals surface area contributed by atoms with E-state index in [1.54, 1.807) is 6.20 Å². The quantitative estimate of drug-likeness (QED) is 0.848. The van der Waals surface area contributed by atoms with Gasteiger partial charge in [0.05, 0.1) is 13.2 Å². The first-order valence-corrected chi connectivity index (χ1v) is 6.23. The third kappa shape index (κ3) is 3.41. The first-order valence-electron chi connectivity index (χ1n) is 6.23. The molecule has 1 aromatic heterocycles. The summed E-state index contributed by atoms with van der Waals surface area (Å²) < 4.78 is 11.1. The Morgan fingerprint density at radius 1 is 1.65 bits per heavy atom. The molecule has 2 heterocycles. The van der Waals surface area contributed by atoms with Crippen LogP contribution in [0.15, 0.2) is 18.3 Å². The minimum atomic E-state index is 0.159. The van der Waals surface area contributed by atoms with Crippen LogP contribution in [0, 0.1) is 0 Å². The molecule has 2 atom stereocenters. The summed E-state index contributed by atoms with van der Waals surface area (Å²) in [6.07, 6.45) is 2.91. The number of hydrogen-bond donors (Lipinski definition) is 1. The van der Waals surface area contributed by atoms with Crippen molar-refractivity contribution in [2.75, 3.05) is 19.8 Å². The van der Waals surface area contributed by atoms with Crippen LogP contribution in [0.1, 0.15) is 31.9 Å². The standard InChI is InChI=1S/C13H20N2O2/c1-3-14-10(2)11-4-6-15-13(8-11)17-12-5-7-16-9-12/h4,6,8,10,12,14H,3,5,7,9H2,1-2H3. The molecule has 1 aromatic rings. The van der Waals surface area contributed by atoms with Crippen LogP contribution in [0.3, 0.4) is 0 Å². The number of pyridine rings is 1. The molecule has 0 aliphatic carbocycles. The van der Waals surface area contributed by atoms with Gasteiger partial charge in [-0.2, -0.15) is 0 Å². The van der Waals surface area contributed by atoms with Crippen molar-refractivity contribution in [1.82, 2.24) is 10.3 Å². The summed E-state index contributed by atoms with van der Waals surface area (Å²) in [5.74, 6) is 0.697. The molecule has 1 aliphatic rings. The van der Waals surface area contributed by atoms with Crippen molar-refractivity contribution in [2.45, 2.75) is 32.4 Å². The third-order valence-corrected chi connectivity index (χ3v) is 2.94. The van der Waals surface area contributed by atoms with Gasteiger partial charge in [-0.3, -0.25) is 0 Å². The van der Waals surface area contributed by atoms with Gasteiger partial charge in [-0.1, -0.05) is 6.92 Å². The average Bonchev–Trinajstić information content (AvgIpc) is 2.82. The molecule has 4 nitrogen and oxygen atoms in total. The molecule has 0 spiro atoms. The molecule has 2 rings (SSSR count). The third-order valence-electron chi connectivity index (χ3n) is 2.94. The molecule has 0 aromatic carbocycles. The van der Waals surface area contributed by atoms with E-state index in [0.29, 0.717) is 18.5 Å². The maximum absolute atomic E-state index is 5.78. The minimum Gasteiger partial charge on any atom is -0.472 e. The lowest BCUT2D eigenvalue weighted by Crippen LogP contribution is -2.19. The molecule has 1 fully saturated rings. The molecule has 17 heavy (non-hydrogen) atoms. The molecular formula is C13H20N2O2. The SMILES string of the molecule is CCNC(C)c1ccnc(OC2CCOC2)c1. The highest BCUT2D eigenvalue weighted by Crippen LogP contribution is 2.19. The summed E-state index contributed by atoms with van der Waals surface area (Å²) in [5, 5.41) is 3.37. The van der Waals surface area contributed by atoms with Gasteiger partial charge in [-0.15, -0.1) is 0 Å². The summed E-state index contributed by atoms with van der Waals surface area (Å²) in [5.41, 5.74) is 1.20. The Balaban J connectivity index is 2.00. The molecule has 0 bridgehead atoms.